The minimum absolute atomic E-state index is 0.0651. The van der Waals surface area contributed by atoms with E-state index in [9.17, 15) is 10.2 Å². The molecule has 0 aromatic heterocycles. The van der Waals surface area contributed by atoms with Gasteiger partial charge in [0.05, 0.1) is 24.6 Å². The van der Waals surface area contributed by atoms with E-state index in [1.165, 1.54) is 6.07 Å². The van der Waals surface area contributed by atoms with Crippen LogP contribution < -0.4 is 5.32 Å². The molecule has 1 aromatic rings. The molecule has 2 rings (SSSR count). The molecule has 0 aliphatic carbocycles. The molecule has 1 aromatic carbocycles. The van der Waals surface area contributed by atoms with Crippen molar-refractivity contribution in [2.75, 3.05) is 25.1 Å². The number of phenols is 1. The van der Waals surface area contributed by atoms with Crippen LogP contribution in [0, 0.1) is 12.3 Å². The highest BCUT2D eigenvalue weighted by Gasteiger charge is 2.25. The van der Waals surface area contributed by atoms with Crippen molar-refractivity contribution >= 4 is 22.9 Å². The molecule has 1 atom stereocenters. The van der Waals surface area contributed by atoms with E-state index in [-0.39, 0.29) is 30.5 Å². The molecule has 0 saturated heterocycles. The van der Waals surface area contributed by atoms with Gasteiger partial charge in [0.2, 0.25) is 0 Å². The second-order valence-electron chi connectivity index (χ2n) is 4.57. The van der Waals surface area contributed by atoms with Crippen molar-refractivity contribution < 1.29 is 15.3 Å². The second-order valence-corrected chi connectivity index (χ2v) is 4.57. The van der Waals surface area contributed by atoms with Crippen molar-refractivity contribution in [3.8, 4) is 5.75 Å². The summed E-state index contributed by atoms with van der Waals surface area (Å²) in [7, 11) is 0. The topological polar surface area (TPSA) is 134 Å². The molecule has 1 aliphatic heterocycles. The summed E-state index contributed by atoms with van der Waals surface area (Å²) in [5, 5.41) is 45.9. The first-order valence-corrected chi connectivity index (χ1v) is 6.44. The van der Waals surface area contributed by atoms with E-state index in [2.05, 4.69) is 20.5 Å². The average molecular weight is 291 g/mol. The zero-order valence-electron chi connectivity index (χ0n) is 11.5. The number of hydrogen-bond donors (Lipinski definition) is 5. The van der Waals surface area contributed by atoms with E-state index in [0.29, 0.717) is 23.5 Å². The van der Waals surface area contributed by atoms with E-state index in [4.69, 9.17) is 10.5 Å². The minimum Gasteiger partial charge on any atom is -0.508 e. The molecule has 0 saturated carbocycles. The summed E-state index contributed by atoms with van der Waals surface area (Å²) in [6.45, 7) is 1.69. The Morgan fingerprint density at radius 1 is 1.38 bits per heavy atom. The molecule has 0 radical (unpaired) electrons. The number of hydrogen-bond acceptors (Lipinski definition) is 7. The first kappa shape index (κ1) is 15.1. The van der Waals surface area contributed by atoms with Crippen LogP contribution in [0.1, 0.15) is 5.56 Å². The summed E-state index contributed by atoms with van der Waals surface area (Å²) >= 11 is 0. The number of nitrogens with zero attached hydrogens (tertiary/aromatic N) is 3. The Balaban J connectivity index is 2.42. The lowest BCUT2D eigenvalue weighted by Crippen LogP contribution is -2.23. The number of aliphatic hydroxyl groups excluding tert-OH is 2. The maximum atomic E-state index is 9.76. The summed E-state index contributed by atoms with van der Waals surface area (Å²) in [5.41, 5.74) is 1.91. The van der Waals surface area contributed by atoms with Crippen molar-refractivity contribution in [2.45, 2.75) is 13.0 Å². The van der Waals surface area contributed by atoms with E-state index < -0.39 is 6.04 Å². The smallest absolute Gasteiger partial charge is 0.190 e. The van der Waals surface area contributed by atoms with Gasteiger partial charge in [-0.05, 0) is 18.6 Å². The normalized spacial score (nSPS) is 19.5. The molecule has 0 spiro atoms. The summed E-state index contributed by atoms with van der Waals surface area (Å²) in [6.07, 6.45) is 0. The third-order valence-electron chi connectivity index (χ3n) is 3.01. The molecule has 0 fully saturated rings. The fourth-order valence-electron chi connectivity index (χ4n) is 1.88. The van der Waals surface area contributed by atoms with Crippen LogP contribution in [0.3, 0.4) is 0 Å². The summed E-state index contributed by atoms with van der Waals surface area (Å²) in [6, 6.07) is 2.52. The van der Waals surface area contributed by atoms with Gasteiger partial charge in [0.1, 0.15) is 17.5 Å². The number of anilines is 1. The zero-order valence-corrected chi connectivity index (χ0v) is 11.5. The molecule has 1 heterocycles. The van der Waals surface area contributed by atoms with E-state index >= 15 is 0 Å². The molecular weight excluding hydrogens is 274 g/mol. The number of benzene rings is 1. The summed E-state index contributed by atoms with van der Waals surface area (Å²) in [4.78, 5) is 4.34. The highest BCUT2D eigenvalue weighted by molar-refractivity contribution is 6.44. The number of amidine groups is 1. The van der Waals surface area contributed by atoms with Crippen LogP contribution >= 0.6 is 0 Å². The molecule has 5 N–H and O–H groups in total. The van der Waals surface area contributed by atoms with Crippen LogP contribution in [-0.4, -0.2) is 52.7 Å². The first-order chi connectivity index (χ1) is 10.1. The van der Waals surface area contributed by atoms with Crippen molar-refractivity contribution in [3.05, 3.63) is 17.7 Å². The van der Waals surface area contributed by atoms with Crippen LogP contribution in [0.15, 0.2) is 27.4 Å². The predicted molar refractivity (Wildman–Crippen MR) is 79.0 cm³/mol. The number of aromatic hydroxyl groups is 1. The number of aliphatic imine (C=N–C) groups is 1. The molecule has 1 aliphatic rings. The molecule has 0 amide bonds. The van der Waals surface area contributed by atoms with E-state index in [1.54, 1.807) is 13.0 Å². The van der Waals surface area contributed by atoms with Crippen LogP contribution in [0.2, 0.25) is 0 Å². The number of aryl methyl sites for hydroxylation is 1. The number of rotatable bonds is 5. The van der Waals surface area contributed by atoms with Gasteiger partial charge in [-0.3, -0.25) is 5.41 Å². The van der Waals surface area contributed by atoms with Crippen molar-refractivity contribution in [1.82, 2.24) is 0 Å². The molecule has 1 unspecified atom stereocenters. The Labute approximate surface area is 121 Å². The molecule has 8 nitrogen and oxygen atoms in total. The SMILES string of the molecule is Cc1cc(N=C2C(=N)N=NC2CO)c(NCCO)cc1O. The predicted octanol–water partition coefficient (Wildman–Crippen LogP) is 0.981. The second kappa shape index (κ2) is 6.42. The van der Waals surface area contributed by atoms with Gasteiger partial charge in [-0.25, -0.2) is 4.99 Å². The standard InChI is InChI=1S/C13H17N5O3/c1-7-4-9(8(5-11(7)21)15-2-3-19)16-12-10(6-20)17-18-13(12)14/h4-5,10,14-15,19-21H,2-3,6H2,1H3. The Bertz CT molecular complexity index is 612. The number of azo groups is 1. The lowest BCUT2D eigenvalue weighted by atomic mass is 10.1. The van der Waals surface area contributed by atoms with E-state index in [1.807, 2.05) is 0 Å². The summed E-state index contributed by atoms with van der Waals surface area (Å²) < 4.78 is 0. The van der Waals surface area contributed by atoms with Gasteiger partial charge in [0.15, 0.2) is 5.84 Å². The van der Waals surface area contributed by atoms with Crippen LogP contribution in [0.25, 0.3) is 0 Å². The Kier molecular flexibility index (Phi) is 4.61. The Morgan fingerprint density at radius 2 is 2.14 bits per heavy atom. The number of phenolic OH excluding ortho intramolecular Hbond substituents is 1. The van der Waals surface area contributed by atoms with Gasteiger partial charge in [-0.15, -0.1) is 5.11 Å². The fourth-order valence-corrected chi connectivity index (χ4v) is 1.88. The van der Waals surface area contributed by atoms with E-state index in [0.717, 1.165) is 0 Å². The molecular formula is C13H17N5O3. The molecule has 0 bridgehead atoms. The van der Waals surface area contributed by atoms with Gasteiger partial charge in [0, 0.05) is 12.6 Å². The minimum atomic E-state index is -0.641. The van der Waals surface area contributed by atoms with Gasteiger partial charge in [-0.2, -0.15) is 5.11 Å². The average Bonchev–Trinajstić information content (AvgIpc) is 2.82. The third-order valence-corrected chi connectivity index (χ3v) is 3.01. The maximum absolute atomic E-state index is 9.76. The zero-order chi connectivity index (χ0) is 15.4. The van der Waals surface area contributed by atoms with Gasteiger partial charge in [-0.1, -0.05) is 0 Å². The Morgan fingerprint density at radius 3 is 2.81 bits per heavy atom. The molecule has 21 heavy (non-hydrogen) atoms. The largest absolute Gasteiger partial charge is 0.508 e. The van der Waals surface area contributed by atoms with Crippen molar-refractivity contribution in [1.29, 1.82) is 5.41 Å². The Hall–Kier alpha value is -2.32. The van der Waals surface area contributed by atoms with Crippen LogP contribution in [-0.2, 0) is 0 Å². The third kappa shape index (κ3) is 3.23. The lowest BCUT2D eigenvalue weighted by molar-refractivity contribution is 0.290. The molecule has 8 heteroatoms. The molecule has 112 valence electrons. The number of aliphatic hydroxyl groups is 2. The van der Waals surface area contributed by atoms with Crippen molar-refractivity contribution in [3.63, 3.8) is 0 Å². The quantitative estimate of drug-likeness (QED) is 0.552. The van der Waals surface area contributed by atoms with Crippen molar-refractivity contribution in [2.24, 2.45) is 15.2 Å². The highest BCUT2D eigenvalue weighted by Crippen LogP contribution is 2.33. The van der Waals surface area contributed by atoms with Gasteiger partial charge in [0.25, 0.3) is 0 Å². The first-order valence-electron chi connectivity index (χ1n) is 6.44. The monoisotopic (exact) mass is 291 g/mol. The van der Waals surface area contributed by atoms with Crippen LogP contribution in [0.5, 0.6) is 5.75 Å². The summed E-state index contributed by atoms with van der Waals surface area (Å²) in [5.74, 6) is 0.0156. The highest BCUT2D eigenvalue weighted by atomic mass is 16.3. The maximum Gasteiger partial charge on any atom is 0.190 e. The lowest BCUT2D eigenvalue weighted by Gasteiger charge is -2.12. The number of nitrogens with one attached hydrogen (secondary N) is 2. The van der Waals surface area contributed by atoms with Gasteiger partial charge < -0.3 is 20.6 Å². The fraction of sp³-hybridized carbons (Fsp3) is 0.385. The van der Waals surface area contributed by atoms with Crippen LogP contribution in [0.4, 0.5) is 11.4 Å². The van der Waals surface area contributed by atoms with Gasteiger partial charge >= 0.3 is 0 Å².